The van der Waals surface area contributed by atoms with E-state index >= 15 is 0 Å². The lowest BCUT2D eigenvalue weighted by Gasteiger charge is -2.15. The summed E-state index contributed by atoms with van der Waals surface area (Å²) < 4.78 is 0. The standard InChI is InChI=1S/C8H7NS.C5H11NOS.CH3NOS/c10-7-9-6-8-4-2-1-3-5-8;1-3-6(4-2)5(7)8;2-1(3)4/h1-5H,6H2;3-4H2,1-2H3,(H,7,8);(H3,2,3,4). The largest absolute Gasteiger partial charge is 0.487 e. The van der Waals surface area contributed by atoms with Crippen molar-refractivity contribution < 1.29 is 10.2 Å². The quantitative estimate of drug-likeness (QED) is 0.562. The molecule has 0 amide bonds. The molecule has 0 radical (unpaired) electrons. The van der Waals surface area contributed by atoms with Crippen LogP contribution in [0, 0.1) is 0 Å². The number of hydrogen-bond acceptors (Lipinski definition) is 4. The lowest BCUT2D eigenvalue weighted by Crippen LogP contribution is -2.28. The van der Waals surface area contributed by atoms with Gasteiger partial charge in [0.05, 0.1) is 11.7 Å². The third kappa shape index (κ3) is 16.5. The van der Waals surface area contributed by atoms with Gasteiger partial charge in [-0.3, -0.25) is 0 Å². The lowest BCUT2D eigenvalue weighted by molar-refractivity contribution is 0.371. The highest BCUT2D eigenvalue weighted by Crippen LogP contribution is 1.98. The minimum absolute atomic E-state index is 0.00463. The summed E-state index contributed by atoms with van der Waals surface area (Å²) in [7, 11) is 0. The van der Waals surface area contributed by atoms with Gasteiger partial charge in [0, 0.05) is 13.1 Å². The first-order chi connectivity index (χ1) is 10.4. The normalized spacial score (nSPS) is 8.09. The van der Waals surface area contributed by atoms with E-state index in [1.165, 1.54) is 5.56 Å². The average Bonchev–Trinajstić information content (AvgIpc) is 2.47. The van der Waals surface area contributed by atoms with Crippen molar-refractivity contribution in [2.24, 2.45) is 10.7 Å². The molecule has 0 aliphatic heterocycles. The van der Waals surface area contributed by atoms with Gasteiger partial charge in [0.25, 0.3) is 10.3 Å². The van der Waals surface area contributed by atoms with Crippen molar-refractivity contribution >= 4 is 52.2 Å². The molecule has 8 heteroatoms. The Kier molecular flexibility index (Phi) is 16.3. The summed E-state index contributed by atoms with van der Waals surface area (Å²) in [5.74, 6) is 0. The van der Waals surface area contributed by atoms with Gasteiger partial charge in [0.1, 0.15) is 0 Å². The minimum atomic E-state index is -0.500. The highest BCUT2D eigenvalue weighted by molar-refractivity contribution is 7.80. The molecule has 1 aromatic rings. The molecule has 1 aromatic carbocycles. The van der Waals surface area contributed by atoms with E-state index in [1.54, 1.807) is 4.90 Å². The Balaban J connectivity index is 0. The Hall–Kier alpha value is -1.60. The van der Waals surface area contributed by atoms with Crippen LogP contribution in [0.1, 0.15) is 19.4 Å². The molecule has 0 bridgehead atoms. The second kappa shape index (κ2) is 15.8. The van der Waals surface area contributed by atoms with Crippen LogP contribution in [0.5, 0.6) is 0 Å². The number of rotatable bonds is 4. The Morgan fingerprint density at radius 3 is 1.91 bits per heavy atom. The molecule has 0 fully saturated rings. The molecule has 0 aromatic heterocycles. The lowest BCUT2D eigenvalue weighted by atomic mass is 10.2. The van der Waals surface area contributed by atoms with Crippen molar-refractivity contribution in [2.75, 3.05) is 13.1 Å². The third-order valence-corrected chi connectivity index (χ3v) is 2.59. The topological polar surface area (TPSA) is 82.1 Å². The fraction of sp³-hybridized carbons (Fsp3) is 0.357. The van der Waals surface area contributed by atoms with Gasteiger partial charge >= 0.3 is 0 Å². The molecule has 0 saturated carbocycles. The summed E-state index contributed by atoms with van der Waals surface area (Å²) in [4.78, 5) is 5.51. The number of hydrogen-bond donors (Lipinski definition) is 3. The van der Waals surface area contributed by atoms with E-state index in [0.717, 1.165) is 13.1 Å². The molecule has 0 unspecified atom stereocenters. The molecule has 5 nitrogen and oxygen atoms in total. The zero-order valence-electron chi connectivity index (χ0n) is 12.6. The summed E-state index contributed by atoms with van der Waals surface area (Å²) >= 11 is 12.8. The zero-order chi connectivity index (χ0) is 17.4. The molecule has 0 atom stereocenters. The van der Waals surface area contributed by atoms with Crippen LogP contribution in [0.15, 0.2) is 35.3 Å². The van der Waals surface area contributed by atoms with E-state index in [-0.39, 0.29) is 5.17 Å². The van der Waals surface area contributed by atoms with E-state index in [0.29, 0.717) is 6.54 Å². The Morgan fingerprint density at radius 1 is 1.18 bits per heavy atom. The van der Waals surface area contributed by atoms with Gasteiger partial charge in [0.2, 0.25) is 0 Å². The van der Waals surface area contributed by atoms with E-state index < -0.39 is 5.17 Å². The van der Waals surface area contributed by atoms with Gasteiger partial charge in [0.15, 0.2) is 0 Å². The number of aliphatic imine (C=N–C) groups is 1. The molecule has 0 spiro atoms. The van der Waals surface area contributed by atoms with Crippen LogP contribution in [0.25, 0.3) is 0 Å². The first-order valence-electron chi connectivity index (χ1n) is 6.42. The van der Waals surface area contributed by atoms with Crippen molar-refractivity contribution in [1.82, 2.24) is 4.90 Å². The second-order valence-corrected chi connectivity index (χ2v) is 4.65. The molecule has 22 heavy (non-hydrogen) atoms. The Bertz CT molecular complexity index is 469. The Labute approximate surface area is 147 Å². The monoisotopic (exact) mass is 359 g/mol. The van der Waals surface area contributed by atoms with Gasteiger partial charge in [-0.1, -0.05) is 30.3 Å². The summed E-state index contributed by atoms with van der Waals surface area (Å²) in [6.45, 7) is 6.11. The van der Waals surface area contributed by atoms with E-state index in [4.69, 9.17) is 10.2 Å². The summed E-state index contributed by atoms with van der Waals surface area (Å²) in [6.07, 6.45) is 0. The predicted octanol–water partition coefficient (Wildman–Crippen LogP) is 3.25. The molecule has 0 aliphatic carbocycles. The smallest absolute Gasteiger partial charge is 0.256 e. The molecular weight excluding hydrogens is 338 g/mol. The molecule has 0 aliphatic rings. The average molecular weight is 360 g/mol. The van der Waals surface area contributed by atoms with Crippen molar-refractivity contribution in [3.8, 4) is 0 Å². The predicted molar refractivity (Wildman–Crippen MR) is 103 cm³/mol. The Morgan fingerprint density at radius 2 is 1.64 bits per heavy atom. The fourth-order valence-electron chi connectivity index (χ4n) is 1.20. The second-order valence-electron chi connectivity index (χ2n) is 3.69. The summed E-state index contributed by atoms with van der Waals surface area (Å²) in [5.41, 5.74) is 5.56. The maximum atomic E-state index is 8.67. The highest BCUT2D eigenvalue weighted by atomic mass is 32.1. The highest BCUT2D eigenvalue weighted by Gasteiger charge is 1.98. The number of nitrogens with two attached hydrogens (primary N) is 1. The van der Waals surface area contributed by atoms with Crippen LogP contribution in [0.2, 0.25) is 0 Å². The SMILES string of the molecule is CCN(CC)C(O)=S.NC(O)=S.S=C=NCc1ccccc1. The number of benzene rings is 1. The van der Waals surface area contributed by atoms with Gasteiger partial charge < -0.3 is 20.8 Å². The van der Waals surface area contributed by atoms with Crippen molar-refractivity contribution in [3.05, 3.63) is 35.9 Å². The molecule has 4 N–H and O–H groups in total. The number of aliphatic hydroxyl groups excluding tert-OH is 2. The zero-order valence-corrected chi connectivity index (χ0v) is 15.0. The van der Waals surface area contributed by atoms with Crippen molar-refractivity contribution in [1.29, 1.82) is 0 Å². The third-order valence-electron chi connectivity index (χ3n) is 2.20. The molecule has 0 saturated heterocycles. The van der Waals surface area contributed by atoms with E-state index in [9.17, 15) is 0 Å². The van der Waals surface area contributed by atoms with E-state index in [1.807, 2.05) is 44.2 Å². The van der Waals surface area contributed by atoms with Crippen LogP contribution in [-0.4, -0.2) is 43.7 Å². The maximum absolute atomic E-state index is 8.67. The molecule has 1 rings (SSSR count). The van der Waals surface area contributed by atoms with Crippen LogP contribution in [0.3, 0.4) is 0 Å². The van der Waals surface area contributed by atoms with Gasteiger partial charge in [-0.05, 0) is 56.1 Å². The molecular formula is C14H21N3O2S3. The van der Waals surface area contributed by atoms with Gasteiger partial charge in [-0.25, -0.2) is 4.99 Å². The fourth-order valence-corrected chi connectivity index (χ4v) is 1.52. The first-order valence-corrected chi connectivity index (χ1v) is 7.65. The number of nitrogens with zero attached hydrogens (tertiary/aromatic N) is 2. The number of isothiocyanates is 1. The van der Waals surface area contributed by atoms with Gasteiger partial charge in [-0.15, -0.1) is 0 Å². The van der Waals surface area contributed by atoms with Crippen LogP contribution in [-0.2, 0) is 6.54 Å². The number of aliphatic hydroxyl groups is 2. The van der Waals surface area contributed by atoms with Crippen LogP contribution >= 0.6 is 36.7 Å². The number of thiocarbonyl (C=S) groups is 3. The van der Waals surface area contributed by atoms with E-state index in [2.05, 4.69) is 52.5 Å². The summed E-state index contributed by atoms with van der Waals surface area (Å²) in [6, 6.07) is 9.96. The minimum Gasteiger partial charge on any atom is -0.487 e. The van der Waals surface area contributed by atoms with Crippen LogP contribution in [0.4, 0.5) is 0 Å². The maximum Gasteiger partial charge on any atom is 0.256 e. The van der Waals surface area contributed by atoms with Crippen molar-refractivity contribution in [2.45, 2.75) is 20.4 Å². The molecule has 0 heterocycles. The van der Waals surface area contributed by atoms with Crippen LogP contribution < -0.4 is 5.73 Å². The first kappa shape index (κ1) is 22.7. The van der Waals surface area contributed by atoms with Crippen molar-refractivity contribution in [3.63, 3.8) is 0 Å². The molecule has 122 valence electrons. The van der Waals surface area contributed by atoms with Gasteiger partial charge in [-0.2, -0.15) is 0 Å². The summed E-state index contributed by atoms with van der Waals surface area (Å²) in [5, 5.41) is 18.1.